The molecule has 5 aliphatic rings. The Hall–Kier alpha value is -2.73. The Morgan fingerprint density at radius 2 is 1.66 bits per heavy atom. The van der Waals surface area contributed by atoms with Gasteiger partial charge in [0.1, 0.15) is 54.6 Å². The number of rotatable bonds is 2. The maximum Gasteiger partial charge on any atom is 0.472 e. The van der Waals surface area contributed by atoms with E-state index < -0.39 is 96.1 Å². The monoisotopic (exact) mass is 664 g/mol. The number of hydrogen-bond donors (Lipinski definition) is 8. The number of fused-ring (bicyclic) bond motifs is 5. The lowest BCUT2D eigenvalue weighted by Gasteiger charge is -2.36. The van der Waals surface area contributed by atoms with E-state index in [4.69, 9.17) is 33.3 Å². The number of carbonyl (C=O) groups excluding carboxylic acids is 1. The van der Waals surface area contributed by atoms with Crippen molar-refractivity contribution in [1.29, 1.82) is 0 Å². The fourth-order valence-electron chi connectivity index (χ4n) is 5.48. The van der Waals surface area contributed by atoms with Crippen LogP contribution in [0.3, 0.4) is 0 Å². The first-order valence-corrected chi connectivity index (χ1v) is 15.9. The van der Waals surface area contributed by atoms with Gasteiger partial charge >= 0.3 is 15.6 Å². The number of amides is 1. The average molecular weight is 664 g/mol. The molecule has 240 valence electrons. The first kappa shape index (κ1) is 30.0. The van der Waals surface area contributed by atoms with Crippen molar-refractivity contribution in [3.63, 3.8) is 0 Å². The van der Waals surface area contributed by atoms with Crippen molar-refractivity contribution >= 4 is 44.9 Å². The van der Waals surface area contributed by atoms with Gasteiger partial charge in [-0.3, -0.25) is 37.9 Å². The van der Waals surface area contributed by atoms with Crippen LogP contribution in [0.1, 0.15) is 6.23 Å². The number of aliphatic imine (C=N–C) groups is 1. The highest BCUT2D eigenvalue weighted by Crippen LogP contribution is 2.53. The zero-order chi connectivity index (χ0) is 31.0. The van der Waals surface area contributed by atoms with Crippen molar-refractivity contribution in [2.45, 2.75) is 61.3 Å². The third kappa shape index (κ3) is 5.19. The lowest BCUT2D eigenvalue weighted by Crippen LogP contribution is -2.69. The molecule has 12 atom stereocenters. The van der Waals surface area contributed by atoms with E-state index in [1.54, 1.807) is 0 Å². The van der Waals surface area contributed by atoms with E-state index in [0.717, 1.165) is 6.33 Å². The summed E-state index contributed by atoms with van der Waals surface area (Å²) in [5.74, 6) is -0.451. The maximum absolute atomic E-state index is 13.2. The van der Waals surface area contributed by atoms with Gasteiger partial charge < -0.3 is 40.1 Å². The van der Waals surface area contributed by atoms with Crippen LogP contribution in [0.4, 0.5) is 5.82 Å². The first-order valence-electron chi connectivity index (χ1n) is 12.9. The fraction of sp³-hybridized carbons (Fsp3) is 0.632. The number of hydrazine groups is 2. The smallest absolute Gasteiger partial charge is 0.387 e. The minimum Gasteiger partial charge on any atom is -0.387 e. The van der Waals surface area contributed by atoms with Gasteiger partial charge in [0, 0.05) is 0 Å². The number of nitrogens with zero attached hydrogens (tertiary/aromatic N) is 6. The summed E-state index contributed by atoms with van der Waals surface area (Å²) in [7, 11) is -10.1. The van der Waals surface area contributed by atoms with E-state index >= 15 is 0 Å². The van der Waals surface area contributed by atoms with Crippen LogP contribution in [-0.2, 0) is 41.5 Å². The van der Waals surface area contributed by atoms with Gasteiger partial charge in [-0.15, -0.1) is 0 Å². The lowest BCUT2D eigenvalue weighted by molar-refractivity contribution is -0.131. The van der Waals surface area contributed by atoms with Crippen LogP contribution in [0.15, 0.2) is 17.6 Å². The maximum atomic E-state index is 13.2. The van der Waals surface area contributed by atoms with Crippen LogP contribution in [0.2, 0.25) is 0 Å². The Labute approximate surface area is 245 Å². The number of aliphatic hydroxyl groups excluding tert-OH is 2. The molecule has 0 aromatic carbocycles. The summed E-state index contributed by atoms with van der Waals surface area (Å²) in [5, 5.41) is 22.1. The van der Waals surface area contributed by atoms with E-state index in [-0.39, 0.29) is 17.0 Å². The first-order chi connectivity index (χ1) is 20.9. The second-order valence-electron chi connectivity index (χ2n) is 10.2. The summed E-state index contributed by atoms with van der Waals surface area (Å²) in [6, 6.07) is -0.928. The number of aromatic nitrogens is 4. The minimum absolute atomic E-state index is 0.0300. The normalized spacial score (nSPS) is 44.5. The third-order valence-electron chi connectivity index (χ3n) is 7.55. The van der Waals surface area contributed by atoms with Gasteiger partial charge in [-0.05, 0) is 0 Å². The Morgan fingerprint density at radius 1 is 0.955 bits per heavy atom. The molecule has 2 aromatic rings. The fourth-order valence-corrected chi connectivity index (χ4v) is 7.38. The van der Waals surface area contributed by atoms with Crippen molar-refractivity contribution in [2.24, 2.45) is 4.99 Å². The number of anilines is 1. The Balaban J connectivity index is 1.16. The van der Waals surface area contributed by atoms with Crippen LogP contribution in [0.25, 0.3) is 11.2 Å². The summed E-state index contributed by atoms with van der Waals surface area (Å²) in [4.78, 5) is 50.8. The van der Waals surface area contributed by atoms with E-state index in [1.165, 1.54) is 22.1 Å². The van der Waals surface area contributed by atoms with Crippen molar-refractivity contribution in [2.75, 3.05) is 18.9 Å². The Kier molecular flexibility index (Phi) is 7.46. The third-order valence-corrected chi connectivity index (χ3v) is 9.52. The molecule has 9 N–H and O–H groups in total. The molecule has 4 saturated heterocycles. The second kappa shape index (κ2) is 11.0. The van der Waals surface area contributed by atoms with E-state index in [9.17, 15) is 33.9 Å². The zero-order valence-electron chi connectivity index (χ0n) is 22.0. The number of carbonyl (C=O) groups is 1. The predicted octanol–water partition coefficient (Wildman–Crippen LogP) is -4.05. The second-order valence-corrected chi connectivity index (χ2v) is 13.0. The number of imidazole rings is 1. The van der Waals surface area contributed by atoms with Crippen molar-refractivity contribution in [3.8, 4) is 0 Å². The van der Waals surface area contributed by atoms with Gasteiger partial charge in [0.15, 0.2) is 30.0 Å². The Bertz CT molecular complexity index is 1580. The summed E-state index contributed by atoms with van der Waals surface area (Å²) in [6.07, 6.45) is -9.50. The number of ether oxygens (including phenoxy) is 2. The molecule has 2 bridgehead atoms. The number of hydrogen-bond acceptors (Lipinski definition) is 19. The van der Waals surface area contributed by atoms with Crippen LogP contribution < -0.4 is 22.1 Å². The molecule has 0 radical (unpaired) electrons. The minimum atomic E-state index is -5.06. The molecular formula is C19H26N10O13P2. The van der Waals surface area contributed by atoms with E-state index in [2.05, 4.69) is 36.3 Å². The van der Waals surface area contributed by atoms with Gasteiger partial charge in [-0.25, -0.2) is 29.5 Å². The number of aliphatic hydroxyl groups is 2. The van der Waals surface area contributed by atoms with Crippen molar-refractivity contribution in [3.05, 3.63) is 12.7 Å². The summed E-state index contributed by atoms with van der Waals surface area (Å²) >= 11 is 0. The molecule has 0 aliphatic carbocycles. The largest absolute Gasteiger partial charge is 0.472 e. The molecular weight excluding hydrogens is 638 g/mol. The highest BCUT2D eigenvalue weighted by molar-refractivity contribution is 7.47. The topological polar surface area (TPSA) is 309 Å². The number of nitrogens with one attached hydrogen (secondary N) is 3. The quantitative estimate of drug-likeness (QED) is 0.142. The standard InChI is InChI=1S/C19H26N10O13P2/c20-14-8-15(22-3-21-14)28(4-23-8)19-13-10(30)6(39-19)1-37-43(33,34)41-12-7(2-38-44(35,36)42-13)40-18(11(12)31)29-5-24-9-16(29)25-27-26-17(9)32/h3-7,9-13,16,18-19,25,27,30-31H,1-2H2,(H,26,32)(H,33,34)(H,35,36)(H2,20,21,22)/t6-,7-,9?,10-,11-,12-,13-,16?,18-,19-/m1/s1. The van der Waals surface area contributed by atoms with Crippen molar-refractivity contribution < 1.29 is 61.5 Å². The molecule has 44 heavy (non-hydrogen) atoms. The molecule has 23 nitrogen and oxygen atoms in total. The zero-order valence-corrected chi connectivity index (χ0v) is 23.8. The molecule has 4 unspecified atom stereocenters. The molecule has 25 heteroatoms. The highest BCUT2D eigenvalue weighted by atomic mass is 31.2. The summed E-state index contributed by atoms with van der Waals surface area (Å²) < 4.78 is 60.0. The molecule has 5 aliphatic heterocycles. The molecule has 0 saturated carbocycles. The van der Waals surface area contributed by atoms with Crippen LogP contribution in [0.5, 0.6) is 0 Å². The van der Waals surface area contributed by atoms with Crippen LogP contribution in [-0.4, -0.2) is 125 Å². The van der Waals surface area contributed by atoms with E-state index in [1.807, 2.05) is 0 Å². The highest BCUT2D eigenvalue weighted by Gasteiger charge is 2.56. The average Bonchev–Trinajstić information content (AvgIpc) is 3.73. The van der Waals surface area contributed by atoms with Gasteiger partial charge in [0.2, 0.25) is 0 Å². The predicted molar refractivity (Wildman–Crippen MR) is 138 cm³/mol. The number of phosphoric ester groups is 2. The molecule has 7 rings (SSSR count). The molecule has 7 heterocycles. The number of nitrogens with two attached hydrogens (primary N) is 1. The molecule has 4 fully saturated rings. The summed E-state index contributed by atoms with van der Waals surface area (Å²) in [5.41, 5.74) is 13.7. The van der Waals surface area contributed by atoms with Crippen molar-refractivity contribution in [1.82, 2.24) is 40.8 Å². The van der Waals surface area contributed by atoms with Crippen LogP contribution in [0, 0.1) is 0 Å². The molecule has 1 amide bonds. The summed E-state index contributed by atoms with van der Waals surface area (Å²) in [6.45, 7) is -1.58. The van der Waals surface area contributed by atoms with Gasteiger partial charge in [-0.1, -0.05) is 0 Å². The van der Waals surface area contributed by atoms with Gasteiger partial charge in [-0.2, -0.15) is 5.53 Å². The molecule has 2 aromatic heterocycles. The van der Waals surface area contributed by atoms with E-state index in [0.29, 0.717) is 0 Å². The SMILES string of the molecule is Nc1ncnc2c1ncn2[C@@H]1O[C@@H]2COP(=O)(O)O[C@H]3[C@@H](O)[C@H](N4C=NC5C(=O)NNNC54)O[C@@H]3COP(=O)(O)O[C@@H]1[C@@H]2O. The Morgan fingerprint density at radius 3 is 2.43 bits per heavy atom. The number of phosphoric acid groups is 2. The lowest BCUT2D eigenvalue weighted by atomic mass is 10.1. The van der Waals surface area contributed by atoms with Gasteiger partial charge in [0.05, 0.1) is 25.9 Å². The number of nitrogen functional groups attached to an aromatic ring is 1. The van der Waals surface area contributed by atoms with Gasteiger partial charge in [0.25, 0.3) is 5.91 Å². The van der Waals surface area contributed by atoms with Crippen LogP contribution >= 0.6 is 15.6 Å². The molecule has 0 spiro atoms.